The largest absolute Gasteiger partial charge is 0.481 e. The molecule has 2 N–H and O–H groups in total. The Morgan fingerprint density at radius 3 is 2.50 bits per heavy atom. The van der Waals surface area contributed by atoms with Crippen molar-refractivity contribution in [1.29, 1.82) is 0 Å². The van der Waals surface area contributed by atoms with Crippen LogP contribution in [0.1, 0.15) is 31.2 Å². The summed E-state index contributed by atoms with van der Waals surface area (Å²) >= 11 is 0. The van der Waals surface area contributed by atoms with Gasteiger partial charge in [-0.05, 0) is 31.2 Å². The van der Waals surface area contributed by atoms with Gasteiger partial charge in [0.1, 0.15) is 12.3 Å². The first-order valence-corrected chi connectivity index (χ1v) is 7.35. The molecule has 5 nitrogen and oxygen atoms in total. The normalized spacial score (nSPS) is 24.5. The molecule has 0 aromatic heterocycles. The zero-order valence-electron chi connectivity index (χ0n) is 12.3. The van der Waals surface area contributed by atoms with Gasteiger partial charge in [0.05, 0.1) is 12.5 Å². The quantitative estimate of drug-likeness (QED) is 0.877. The molecule has 1 aliphatic rings. The number of amides is 1. The second-order valence-corrected chi connectivity index (χ2v) is 5.68. The number of carboxylic acid groups (broad SMARTS) is 1. The van der Waals surface area contributed by atoms with Crippen molar-refractivity contribution < 1.29 is 23.8 Å². The molecule has 6 heteroatoms. The van der Waals surface area contributed by atoms with Crippen LogP contribution in [0.5, 0.6) is 0 Å². The van der Waals surface area contributed by atoms with E-state index in [2.05, 4.69) is 5.32 Å². The minimum absolute atomic E-state index is 0.132. The van der Waals surface area contributed by atoms with Crippen LogP contribution in [0.4, 0.5) is 9.18 Å². The molecular weight excluding hydrogens is 289 g/mol. The number of alkyl carbamates (subject to hydrolysis) is 1. The number of nitrogens with one attached hydrogen (secondary N) is 1. The third-order valence-electron chi connectivity index (χ3n) is 3.99. The van der Waals surface area contributed by atoms with E-state index in [9.17, 15) is 14.0 Å². The van der Waals surface area contributed by atoms with Crippen LogP contribution in [0.3, 0.4) is 0 Å². The van der Waals surface area contributed by atoms with Crippen LogP contribution in [0, 0.1) is 5.92 Å². The van der Waals surface area contributed by atoms with E-state index in [1.54, 1.807) is 0 Å². The van der Waals surface area contributed by atoms with Gasteiger partial charge in [0.25, 0.3) is 0 Å². The molecule has 1 aromatic carbocycles. The molecule has 1 aliphatic carbocycles. The SMILES string of the molecule is O=C(NCC1(F)CCC(C(=O)O)CC1)OCc1ccccc1. The fourth-order valence-corrected chi connectivity index (χ4v) is 2.56. The summed E-state index contributed by atoms with van der Waals surface area (Å²) in [7, 11) is 0. The summed E-state index contributed by atoms with van der Waals surface area (Å²) < 4.78 is 19.5. The summed E-state index contributed by atoms with van der Waals surface area (Å²) in [6.07, 6.45) is 0.214. The van der Waals surface area contributed by atoms with E-state index < -0.39 is 23.6 Å². The second kappa shape index (κ2) is 7.24. The molecule has 0 atom stereocenters. The number of carbonyl (C=O) groups excluding carboxylic acids is 1. The minimum atomic E-state index is -1.54. The number of hydrogen-bond acceptors (Lipinski definition) is 3. The molecule has 0 unspecified atom stereocenters. The smallest absolute Gasteiger partial charge is 0.407 e. The molecule has 0 heterocycles. The number of halogens is 1. The highest BCUT2D eigenvalue weighted by molar-refractivity contribution is 5.70. The van der Waals surface area contributed by atoms with Crippen molar-refractivity contribution >= 4 is 12.1 Å². The zero-order valence-corrected chi connectivity index (χ0v) is 12.3. The number of carbonyl (C=O) groups is 2. The van der Waals surface area contributed by atoms with Gasteiger partial charge in [-0.1, -0.05) is 30.3 Å². The maximum Gasteiger partial charge on any atom is 0.407 e. The van der Waals surface area contributed by atoms with Gasteiger partial charge in [0.2, 0.25) is 0 Å². The molecule has 0 radical (unpaired) electrons. The van der Waals surface area contributed by atoms with Crippen molar-refractivity contribution in [3.63, 3.8) is 0 Å². The van der Waals surface area contributed by atoms with Crippen molar-refractivity contribution in [2.45, 2.75) is 38.0 Å². The highest BCUT2D eigenvalue weighted by Crippen LogP contribution is 2.34. The zero-order chi connectivity index (χ0) is 16.0. The van der Waals surface area contributed by atoms with E-state index >= 15 is 0 Å². The fraction of sp³-hybridized carbons (Fsp3) is 0.500. The Morgan fingerprint density at radius 2 is 1.91 bits per heavy atom. The first kappa shape index (κ1) is 16.3. The Morgan fingerprint density at radius 1 is 1.27 bits per heavy atom. The lowest BCUT2D eigenvalue weighted by molar-refractivity contribution is -0.143. The number of benzene rings is 1. The predicted molar refractivity (Wildman–Crippen MR) is 78.1 cm³/mol. The fourth-order valence-electron chi connectivity index (χ4n) is 2.56. The topological polar surface area (TPSA) is 75.6 Å². The van der Waals surface area contributed by atoms with E-state index in [0.29, 0.717) is 12.8 Å². The van der Waals surface area contributed by atoms with Crippen LogP contribution >= 0.6 is 0 Å². The van der Waals surface area contributed by atoms with Crippen molar-refractivity contribution in [1.82, 2.24) is 5.32 Å². The molecule has 1 amide bonds. The average molecular weight is 309 g/mol. The summed E-state index contributed by atoms with van der Waals surface area (Å²) in [4.78, 5) is 22.4. The molecular formula is C16H20FNO4. The standard InChI is InChI=1S/C16H20FNO4/c17-16(8-6-13(7-9-16)14(19)20)11-18-15(21)22-10-12-4-2-1-3-5-12/h1-5,13H,6-11H2,(H,18,21)(H,19,20). The van der Waals surface area contributed by atoms with Crippen molar-refractivity contribution in [3.05, 3.63) is 35.9 Å². The summed E-state index contributed by atoms with van der Waals surface area (Å²) in [6, 6.07) is 9.21. The van der Waals surface area contributed by atoms with Gasteiger partial charge in [-0.25, -0.2) is 9.18 Å². The third kappa shape index (κ3) is 4.72. The van der Waals surface area contributed by atoms with E-state index in [4.69, 9.17) is 9.84 Å². The Balaban J connectivity index is 1.71. The van der Waals surface area contributed by atoms with Gasteiger partial charge >= 0.3 is 12.1 Å². The third-order valence-corrected chi connectivity index (χ3v) is 3.99. The Hall–Kier alpha value is -2.11. The van der Waals surface area contributed by atoms with Gasteiger partial charge < -0.3 is 15.2 Å². The minimum Gasteiger partial charge on any atom is -0.481 e. The summed E-state index contributed by atoms with van der Waals surface area (Å²) in [5, 5.41) is 11.3. The molecule has 22 heavy (non-hydrogen) atoms. The Kier molecular flexibility index (Phi) is 5.35. The lowest BCUT2D eigenvalue weighted by Gasteiger charge is -2.32. The van der Waals surface area contributed by atoms with Crippen molar-refractivity contribution in [2.75, 3.05) is 6.54 Å². The van der Waals surface area contributed by atoms with Crippen molar-refractivity contribution in [2.24, 2.45) is 5.92 Å². The highest BCUT2D eigenvalue weighted by atomic mass is 19.1. The maximum atomic E-state index is 14.5. The molecule has 1 fully saturated rings. The van der Waals surface area contributed by atoms with E-state index in [1.165, 1.54) is 0 Å². The van der Waals surface area contributed by atoms with Gasteiger partial charge in [0, 0.05) is 0 Å². The Labute approximate surface area is 128 Å². The molecule has 0 spiro atoms. The van der Waals surface area contributed by atoms with Crippen LogP contribution in [-0.4, -0.2) is 29.4 Å². The van der Waals surface area contributed by atoms with Crippen LogP contribution in [0.2, 0.25) is 0 Å². The summed E-state index contributed by atoms with van der Waals surface area (Å²) in [5.41, 5.74) is -0.688. The monoisotopic (exact) mass is 309 g/mol. The summed E-state index contributed by atoms with van der Waals surface area (Å²) in [6.45, 7) is -0.0139. The first-order chi connectivity index (χ1) is 10.5. The molecule has 1 saturated carbocycles. The number of ether oxygens (including phenoxy) is 1. The number of hydrogen-bond donors (Lipinski definition) is 2. The van der Waals surface area contributed by atoms with Crippen LogP contribution in [0.15, 0.2) is 30.3 Å². The lowest BCUT2D eigenvalue weighted by Crippen LogP contribution is -2.43. The second-order valence-electron chi connectivity index (χ2n) is 5.68. The van der Waals surface area contributed by atoms with Crippen LogP contribution < -0.4 is 5.32 Å². The number of alkyl halides is 1. The lowest BCUT2D eigenvalue weighted by atomic mass is 9.80. The van der Waals surface area contributed by atoms with Gasteiger partial charge in [-0.3, -0.25) is 4.79 Å². The predicted octanol–water partition coefficient (Wildman–Crippen LogP) is 2.90. The number of rotatable bonds is 5. The molecule has 0 aliphatic heterocycles. The molecule has 0 saturated heterocycles. The van der Waals surface area contributed by atoms with Crippen LogP contribution in [-0.2, 0) is 16.1 Å². The van der Waals surface area contributed by atoms with E-state index in [-0.39, 0.29) is 26.0 Å². The number of carboxylic acids is 1. The van der Waals surface area contributed by atoms with E-state index in [0.717, 1.165) is 5.56 Å². The van der Waals surface area contributed by atoms with Gasteiger partial charge in [-0.2, -0.15) is 0 Å². The Bertz CT molecular complexity index is 512. The number of aliphatic carboxylic acids is 1. The summed E-state index contributed by atoms with van der Waals surface area (Å²) in [5.74, 6) is -1.36. The first-order valence-electron chi connectivity index (χ1n) is 7.35. The highest BCUT2D eigenvalue weighted by Gasteiger charge is 2.37. The van der Waals surface area contributed by atoms with Gasteiger partial charge in [-0.15, -0.1) is 0 Å². The molecule has 0 bridgehead atoms. The molecule has 120 valence electrons. The van der Waals surface area contributed by atoms with E-state index in [1.807, 2.05) is 30.3 Å². The van der Waals surface area contributed by atoms with Gasteiger partial charge in [0.15, 0.2) is 0 Å². The average Bonchev–Trinajstić information content (AvgIpc) is 2.52. The molecule has 2 rings (SSSR count). The van der Waals surface area contributed by atoms with Crippen LogP contribution in [0.25, 0.3) is 0 Å². The van der Waals surface area contributed by atoms with Crippen molar-refractivity contribution in [3.8, 4) is 0 Å². The maximum absolute atomic E-state index is 14.5. The molecule has 1 aromatic rings.